The molecule has 5 aliphatic rings. The van der Waals surface area contributed by atoms with Gasteiger partial charge < -0.3 is 0 Å². The summed E-state index contributed by atoms with van der Waals surface area (Å²) in [6.45, 7) is 26.4. The second kappa shape index (κ2) is 25.1. The largest absolute Gasteiger partial charge is 0.0725 e. The summed E-state index contributed by atoms with van der Waals surface area (Å²) in [7, 11) is 0. The van der Waals surface area contributed by atoms with E-state index in [1.54, 1.807) is 0 Å². The highest BCUT2D eigenvalue weighted by atomic mass is 14.5. The summed E-state index contributed by atoms with van der Waals surface area (Å²) in [5, 5.41) is 2.67. The van der Waals surface area contributed by atoms with Gasteiger partial charge in [0.1, 0.15) is 0 Å². The van der Waals surface area contributed by atoms with Gasteiger partial charge in [0, 0.05) is 5.41 Å². The van der Waals surface area contributed by atoms with Crippen molar-refractivity contribution in [3.8, 4) is 55.6 Å². The molecule has 478 valence electrons. The van der Waals surface area contributed by atoms with E-state index in [0.717, 1.165) is 6.42 Å². The molecule has 14 aromatic carbocycles. The summed E-state index contributed by atoms with van der Waals surface area (Å²) in [6, 6.07) is 108. The maximum atomic E-state index is 2.41. The van der Waals surface area contributed by atoms with Crippen molar-refractivity contribution in [1.82, 2.24) is 0 Å². The summed E-state index contributed by atoms with van der Waals surface area (Å²) < 4.78 is 0. The number of hydrogen-bond acceptors (Lipinski definition) is 0. The topological polar surface area (TPSA) is 0 Å². The first kappa shape index (κ1) is 63.4. The highest BCUT2D eigenvalue weighted by molar-refractivity contribution is 5.95. The molecule has 0 unspecified atom stereocenters. The minimum atomic E-state index is -0.273. The zero-order chi connectivity index (χ0) is 67.8. The molecule has 0 saturated carbocycles. The quantitative estimate of drug-likeness (QED) is 0.162. The average molecular weight is 1260 g/mol. The summed E-state index contributed by atoms with van der Waals surface area (Å²) in [4.78, 5) is 0. The Labute approximate surface area is 582 Å². The molecule has 0 aliphatic heterocycles. The van der Waals surface area contributed by atoms with Gasteiger partial charge in [-0.3, -0.25) is 0 Å². The smallest absolute Gasteiger partial charge is 0.0622 e. The second-order valence-corrected chi connectivity index (χ2v) is 29.1. The van der Waals surface area contributed by atoms with Crippen LogP contribution in [-0.4, -0.2) is 0 Å². The molecule has 98 heavy (non-hydrogen) atoms. The molecule has 0 heterocycles. The Bertz CT molecular complexity index is 5000. The van der Waals surface area contributed by atoms with E-state index < -0.39 is 0 Å². The van der Waals surface area contributed by atoms with Gasteiger partial charge in [-0.25, -0.2) is 0 Å². The van der Waals surface area contributed by atoms with Crippen LogP contribution in [0.2, 0.25) is 0 Å². The zero-order valence-corrected chi connectivity index (χ0v) is 58.9. The Hall–Kier alpha value is -10.7. The molecule has 1 spiro atoms. The summed E-state index contributed by atoms with van der Waals surface area (Å²) in [5.74, 6) is 0. The molecule has 14 aromatic rings. The van der Waals surface area contributed by atoms with Crippen LogP contribution in [0.3, 0.4) is 0 Å². The normalized spacial score (nSPS) is 13.7. The molecule has 0 radical (unpaired) electrons. The lowest BCUT2D eigenvalue weighted by molar-refractivity contribution is 0.659. The van der Waals surface area contributed by atoms with E-state index in [4.69, 9.17) is 0 Å². The first-order valence-electron chi connectivity index (χ1n) is 35.1. The average Bonchev–Trinajstić information content (AvgIpc) is 1.58. The molecular weight excluding hydrogens is 1180 g/mol. The minimum absolute atomic E-state index is 0.142. The van der Waals surface area contributed by atoms with Crippen LogP contribution in [-0.2, 0) is 22.7 Å². The maximum absolute atomic E-state index is 2.41. The Morgan fingerprint density at radius 1 is 0.194 bits per heavy atom. The van der Waals surface area contributed by atoms with E-state index in [2.05, 4.69) is 374 Å². The lowest BCUT2D eigenvalue weighted by Gasteiger charge is -2.34. The van der Waals surface area contributed by atoms with Crippen LogP contribution < -0.4 is 0 Å². The van der Waals surface area contributed by atoms with Gasteiger partial charge in [0.2, 0.25) is 0 Å². The van der Waals surface area contributed by atoms with Crippen LogP contribution in [0.15, 0.2) is 291 Å². The van der Waals surface area contributed by atoms with Crippen LogP contribution in [0.1, 0.15) is 136 Å². The third kappa shape index (κ3) is 10.8. The Balaban J connectivity index is 0.000000103. The van der Waals surface area contributed by atoms with Crippen LogP contribution in [0.4, 0.5) is 0 Å². The van der Waals surface area contributed by atoms with Gasteiger partial charge in [0.25, 0.3) is 0 Å². The second-order valence-electron chi connectivity index (χ2n) is 29.1. The molecular formula is C98H86. The fourth-order valence-corrected chi connectivity index (χ4v) is 17.0. The van der Waals surface area contributed by atoms with Crippen LogP contribution in [0, 0.1) is 69.2 Å². The number of aryl methyl sites for hydroxylation is 10. The van der Waals surface area contributed by atoms with E-state index in [1.165, 1.54) is 189 Å². The maximum Gasteiger partial charge on any atom is 0.0725 e. The van der Waals surface area contributed by atoms with Crippen molar-refractivity contribution >= 4 is 10.8 Å². The monoisotopic (exact) mass is 1260 g/mol. The molecule has 0 nitrogen and oxygen atoms in total. The SMILES string of the molecule is Cc1ccc2c(c1)C(C)(C)c1cc(C)ccc1-2.Cc1ccc2c(c1)C(c1ccccc1)(c1ccccc1)c1cc(C)ccc1-2.Cc1ccc2c(c1)C1(c3ccccc3-c3ccccc31)c1cc(C)ccc1-2.Cc1ccc2c(c1)Cc1cc(C)ccc1-2.Cc1ccc2cc(C)ccc2c1. The molecule has 0 amide bonds. The van der Waals surface area contributed by atoms with Crippen molar-refractivity contribution in [2.45, 2.75) is 106 Å². The van der Waals surface area contributed by atoms with Crippen molar-refractivity contribution in [3.05, 3.63) is 414 Å². The standard InChI is InChI=1S/C27H20.C27H22.C17H18.C15H14.C12H12/c1-17-11-13-21-22-14-12-18(2)16-26(22)27(25(21)15-17)23-9-5-3-7-19(23)20-8-4-6-10-24(20)27;1-19-13-15-23-24-16-14-20(2)18-26(24)27(25(23)17-19,21-9-5-3-6-10-21)22-11-7-4-8-12-22;1-11-5-7-13-14-8-6-12(2)10-16(14)17(3,4)15(13)9-11;1-10-3-5-14-12(7-10)9-13-8-11(2)4-6-15(13)14;1-9-3-5-12-8-10(2)4-6-11(12)7-9/h3-16H,1-2H3;3-18H,1-2H3;5-10H,1-4H3;3-8H,9H2,1-2H3;3-8H,1-2H3. The molecule has 0 heteroatoms. The third-order valence-electron chi connectivity index (χ3n) is 21.6. The zero-order valence-electron chi connectivity index (χ0n) is 58.9. The minimum Gasteiger partial charge on any atom is -0.0622 e. The molecule has 0 bridgehead atoms. The van der Waals surface area contributed by atoms with Gasteiger partial charge in [0.15, 0.2) is 0 Å². The van der Waals surface area contributed by atoms with Crippen molar-refractivity contribution in [2.24, 2.45) is 0 Å². The first-order valence-corrected chi connectivity index (χ1v) is 35.1. The van der Waals surface area contributed by atoms with E-state index in [1.807, 2.05) is 0 Å². The Kier molecular flexibility index (Phi) is 16.2. The van der Waals surface area contributed by atoms with Crippen molar-refractivity contribution in [1.29, 1.82) is 0 Å². The van der Waals surface area contributed by atoms with Gasteiger partial charge >= 0.3 is 0 Å². The van der Waals surface area contributed by atoms with Crippen LogP contribution in [0.5, 0.6) is 0 Å². The number of benzene rings is 14. The molecule has 0 N–H and O–H groups in total. The highest BCUT2D eigenvalue weighted by Gasteiger charge is 2.52. The molecule has 0 saturated heterocycles. The van der Waals surface area contributed by atoms with Crippen LogP contribution in [0.25, 0.3) is 66.4 Å². The van der Waals surface area contributed by atoms with E-state index in [9.17, 15) is 0 Å². The number of rotatable bonds is 2. The van der Waals surface area contributed by atoms with Gasteiger partial charge in [-0.2, -0.15) is 0 Å². The Morgan fingerprint density at radius 2 is 0.439 bits per heavy atom. The van der Waals surface area contributed by atoms with E-state index >= 15 is 0 Å². The Morgan fingerprint density at radius 3 is 0.786 bits per heavy atom. The molecule has 0 fully saturated rings. The molecule has 0 aromatic heterocycles. The fraction of sp³-hybridized carbons (Fsp3) is 0.163. The van der Waals surface area contributed by atoms with Gasteiger partial charge in [-0.15, -0.1) is 0 Å². The van der Waals surface area contributed by atoms with Crippen molar-refractivity contribution in [3.63, 3.8) is 0 Å². The molecule has 19 rings (SSSR count). The molecule has 5 aliphatic carbocycles. The molecule has 0 atom stereocenters. The van der Waals surface area contributed by atoms with Crippen molar-refractivity contribution < 1.29 is 0 Å². The lowest BCUT2D eigenvalue weighted by atomic mass is 9.67. The van der Waals surface area contributed by atoms with E-state index in [0.29, 0.717) is 0 Å². The summed E-state index contributed by atoms with van der Waals surface area (Å²) in [6.07, 6.45) is 1.11. The lowest BCUT2D eigenvalue weighted by Crippen LogP contribution is -2.28. The van der Waals surface area contributed by atoms with Gasteiger partial charge in [0.05, 0.1) is 10.8 Å². The van der Waals surface area contributed by atoms with Crippen LogP contribution >= 0.6 is 0 Å². The summed E-state index contributed by atoms with van der Waals surface area (Å²) >= 11 is 0. The number of fused-ring (bicyclic) bond motifs is 20. The summed E-state index contributed by atoms with van der Waals surface area (Å²) in [5.41, 5.74) is 43.9. The van der Waals surface area contributed by atoms with Crippen molar-refractivity contribution in [2.75, 3.05) is 0 Å². The number of hydrogen-bond donors (Lipinski definition) is 0. The fourth-order valence-electron chi connectivity index (χ4n) is 17.0. The first-order chi connectivity index (χ1) is 47.4. The predicted molar refractivity (Wildman–Crippen MR) is 416 cm³/mol. The predicted octanol–water partition coefficient (Wildman–Crippen LogP) is 25.3. The highest BCUT2D eigenvalue weighted by Crippen LogP contribution is 2.63. The van der Waals surface area contributed by atoms with E-state index in [-0.39, 0.29) is 16.2 Å². The van der Waals surface area contributed by atoms with Gasteiger partial charge in [-0.05, 0) is 209 Å². The van der Waals surface area contributed by atoms with Gasteiger partial charge in [-0.1, -0.05) is 361 Å². The third-order valence-corrected chi connectivity index (χ3v) is 21.6.